The molecule has 0 atom stereocenters. The van der Waals surface area contributed by atoms with Crippen LogP contribution in [0.15, 0.2) is 42.5 Å². The smallest absolute Gasteiger partial charge is 0.416 e. The summed E-state index contributed by atoms with van der Waals surface area (Å²) in [4.78, 5) is 23.3. The fourth-order valence-corrected chi connectivity index (χ4v) is 2.09. The van der Waals surface area contributed by atoms with Crippen molar-refractivity contribution in [3.05, 3.63) is 58.6 Å². The highest BCUT2D eigenvalue weighted by Crippen LogP contribution is 2.29. The minimum absolute atomic E-state index is 0.150. The Balaban J connectivity index is 1.76. The van der Waals surface area contributed by atoms with E-state index in [1.165, 1.54) is 0 Å². The number of rotatable bonds is 6. The third kappa shape index (κ3) is 6.49. The molecule has 0 aromatic heterocycles. The van der Waals surface area contributed by atoms with Crippen LogP contribution in [0.1, 0.15) is 11.1 Å². The molecule has 2 aromatic carbocycles. The first-order chi connectivity index (χ1) is 12.6. The molecule has 2 aromatic rings. The van der Waals surface area contributed by atoms with E-state index in [1.54, 1.807) is 25.1 Å². The highest BCUT2D eigenvalue weighted by atomic mass is 35.5. The lowest BCUT2D eigenvalue weighted by molar-refractivity contribution is -0.149. The Bertz CT molecular complexity index is 822. The van der Waals surface area contributed by atoms with Crippen LogP contribution in [-0.4, -0.2) is 25.1 Å². The van der Waals surface area contributed by atoms with Crippen LogP contribution in [0.4, 0.5) is 18.9 Å². The normalized spacial score (nSPS) is 11.0. The molecule has 0 heterocycles. The van der Waals surface area contributed by atoms with Crippen molar-refractivity contribution in [2.75, 3.05) is 18.5 Å². The van der Waals surface area contributed by atoms with E-state index < -0.39 is 36.8 Å². The molecule has 0 aliphatic rings. The van der Waals surface area contributed by atoms with Crippen LogP contribution in [0.25, 0.3) is 0 Å². The number of benzene rings is 2. The second-order valence-electron chi connectivity index (χ2n) is 5.48. The number of alkyl halides is 3. The number of nitrogens with one attached hydrogen (secondary N) is 1. The number of anilines is 1. The van der Waals surface area contributed by atoms with Gasteiger partial charge in [0.2, 0.25) is 0 Å². The monoisotopic (exact) mass is 401 g/mol. The van der Waals surface area contributed by atoms with Gasteiger partial charge >= 0.3 is 12.1 Å². The van der Waals surface area contributed by atoms with Crippen molar-refractivity contribution in [1.29, 1.82) is 0 Å². The average Bonchev–Trinajstić information content (AvgIpc) is 2.60. The average molecular weight is 402 g/mol. The summed E-state index contributed by atoms with van der Waals surface area (Å²) in [6.45, 7) is 0.774. The zero-order valence-electron chi connectivity index (χ0n) is 14.1. The van der Waals surface area contributed by atoms with Gasteiger partial charge in [-0.2, -0.15) is 13.2 Å². The SMILES string of the molecule is Cc1cc(OCC(=O)OCC(=O)Nc2ccc(C(F)(F)F)cc2)ccc1Cl. The maximum atomic E-state index is 12.5. The van der Waals surface area contributed by atoms with Crippen LogP contribution in [0.3, 0.4) is 0 Å². The van der Waals surface area contributed by atoms with Crippen LogP contribution in [-0.2, 0) is 20.5 Å². The van der Waals surface area contributed by atoms with Crippen molar-refractivity contribution in [2.24, 2.45) is 0 Å². The fraction of sp³-hybridized carbons (Fsp3) is 0.222. The van der Waals surface area contributed by atoms with Crippen molar-refractivity contribution >= 4 is 29.2 Å². The highest BCUT2D eigenvalue weighted by Gasteiger charge is 2.29. The van der Waals surface area contributed by atoms with Gasteiger partial charge in [0, 0.05) is 10.7 Å². The summed E-state index contributed by atoms with van der Waals surface area (Å²) in [6, 6.07) is 8.73. The molecule has 0 unspecified atom stereocenters. The molecule has 0 radical (unpaired) electrons. The number of hydrogen-bond acceptors (Lipinski definition) is 4. The Morgan fingerprint density at radius 2 is 1.74 bits per heavy atom. The lowest BCUT2D eigenvalue weighted by atomic mass is 10.2. The molecule has 5 nitrogen and oxygen atoms in total. The predicted octanol–water partition coefficient (Wildman–Crippen LogP) is 4.23. The zero-order chi connectivity index (χ0) is 20.0. The van der Waals surface area contributed by atoms with E-state index >= 15 is 0 Å². The molecule has 1 amide bonds. The Morgan fingerprint density at radius 3 is 2.33 bits per heavy atom. The second kappa shape index (κ2) is 8.77. The molecule has 0 aliphatic heterocycles. The van der Waals surface area contributed by atoms with Gasteiger partial charge in [0.25, 0.3) is 5.91 Å². The second-order valence-corrected chi connectivity index (χ2v) is 5.89. The molecular weight excluding hydrogens is 387 g/mol. The highest BCUT2D eigenvalue weighted by molar-refractivity contribution is 6.31. The molecule has 0 spiro atoms. The van der Waals surface area contributed by atoms with E-state index in [0.717, 1.165) is 29.8 Å². The number of amides is 1. The Kier molecular flexibility index (Phi) is 6.68. The van der Waals surface area contributed by atoms with Gasteiger partial charge in [0.1, 0.15) is 5.75 Å². The molecule has 0 fully saturated rings. The van der Waals surface area contributed by atoms with Gasteiger partial charge in [-0.3, -0.25) is 4.79 Å². The molecule has 0 saturated heterocycles. The summed E-state index contributed by atoms with van der Waals surface area (Å²) in [5, 5.41) is 2.88. The predicted molar refractivity (Wildman–Crippen MR) is 92.7 cm³/mol. The Morgan fingerprint density at radius 1 is 1.07 bits per heavy atom. The van der Waals surface area contributed by atoms with Gasteiger partial charge in [-0.15, -0.1) is 0 Å². The minimum atomic E-state index is -4.46. The van der Waals surface area contributed by atoms with E-state index in [-0.39, 0.29) is 5.69 Å². The topological polar surface area (TPSA) is 64.6 Å². The summed E-state index contributed by atoms with van der Waals surface area (Å²) >= 11 is 5.88. The molecule has 27 heavy (non-hydrogen) atoms. The third-order valence-corrected chi connectivity index (χ3v) is 3.77. The van der Waals surface area contributed by atoms with E-state index in [1.807, 2.05) is 0 Å². The summed E-state index contributed by atoms with van der Waals surface area (Å²) in [5.74, 6) is -1.04. The molecule has 0 aliphatic carbocycles. The van der Waals surface area contributed by atoms with E-state index in [4.69, 9.17) is 21.1 Å². The number of carbonyl (C=O) groups excluding carboxylic acids is 2. The van der Waals surface area contributed by atoms with Gasteiger partial charge in [-0.25, -0.2) is 4.79 Å². The van der Waals surface area contributed by atoms with Gasteiger partial charge in [-0.1, -0.05) is 11.6 Å². The van der Waals surface area contributed by atoms with Crippen LogP contribution in [0.5, 0.6) is 5.75 Å². The van der Waals surface area contributed by atoms with Crippen molar-refractivity contribution in [3.8, 4) is 5.75 Å². The number of aryl methyl sites for hydroxylation is 1. The maximum absolute atomic E-state index is 12.5. The van der Waals surface area contributed by atoms with Crippen molar-refractivity contribution in [3.63, 3.8) is 0 Å². The zero-order valence-corrected chi connectivity index (χ0v) is 14.9. The fourth-order valence-electron chi connectivity index (χ4n) is 1.98. The molecule has 2 rings (SSSR count). The Hall–Kier alpha value is -2.74. The third-order valence-electron chi connectivity index (χ3n) is 3.35. The standard InChI is InChI=1S/C18H15ClF3NO4/c1-11-8-14(6-7-15(11)19)26-10-17(25)27-9-16(24)23-13-4-2-12(3-5-13)18(20,21)22/h2-8H,9-10H2,1H3,(H,23,24). The van der Waals surface area contributed by atoms with Crippen LogP contribution in [0.2, 0.25) is 5.02 Å². The summed E-state index contributed by atoms with van der Waals surface area (Å²) in [6.07, 6.45) is -4.46. The molecule has 9 heteroatoms. The van der Waals surface area contributed by atoms with Crippen molar-refractivity contribution < 1.29 is 32.2 Å². The summed E-state index contributed by atoms with van der Waals surface area (Å²) in [5.41, 5.74) is 0.0944. The van der Waals surface area contributed by atoms with E-state index in [0.29, 0.717) is 10.8 Å². The molecule has 144 valence electrons. The quantitative estimate of drug-likeness (QED) is 0.736. The number of esters is 1. The molecule has 1 N–H and O–H groups in total. The van der Waals surface area contributed by atoms with E-state index in [9.17, 15) is 22.8 Å². The lowest BCUT2D eigenvalue weighted by Gasteiger charge is -2.10. The number of carbonyl (C=O) groups is 2. The number of halogens is 4. The van der Waals surface area contributed by atoms with Crippen molar-refractivity contribution in [1.82, 2.24) is 0 Å². The largest absolute Gasteiger partial charge is 0.482 e. The number of ether oxygens (including phenoxy) is 2. The van der Waals surface area contributed by atoms with Gasteiger partial charge in [0.05, 0.1) is 5.56 Å². The Labute approximate surface area is 158 Å². The van der Waals surface area contributed by atoms with Gasteiger partial charge < -0.3 is 14.8 Å². The molecule has 0 saturated carbocycles. The first-order valence-corrected chi connectivity index (χ1v) is 8.04. The molecule has 0 bridgehead atoms. The minimum Gasteiger partial charge on any atom is -0.482 e. The summed E-state index contributed by atoms with van der Waals surface area (Å²) < 4.78 is 47.4. The van der Waals surface area contributed by atoms with Gasteiger partial charge in [0.15, 0.2) is 13.2 Å². The van der Waals surface area contributed by atoms with Crippen molar-refractivity contribution in [2.45, 2.75) is 13.1 Å². The van der Waals surface area contributed by atoms with Gasteiger partial charge in [-0.05, 0) is 55.0 Å². The summed E-state index contributed by atoms with van der Waals surface area (Å²) in [7, 11) is 0. The molecular formula is C18H15ClF3NO4. The first kappa shape index (κ1) is 20.6. The first-order valence-electron chi connectivity index (χ1n) is 7.67. The maximum Gasteiger partial charge on any atom is 0.416 e. The van der Waals surface area contributed by atoms with E-state index in [2.05, 4.69) is 5.32 Å². The lowest BCUT2D eigenvalue weighted by Crippen LogP contribution is -2.23. The van der Waals surface area contributed by atoms with Crippen LogP contribution < -0.4 is 10.1 Å². The number of hydrogen-bond donors (Lipinski definition) is 1. The van der Waals surface area contributed by atoms with Crippen LogP contribution in [0, 0.1) is 6.92 Å². The van der Waals surface area contributed by atoms with Crippen LogP contribution >= 0.6 is 11.6 Å².